The standard InChI is InChI=1S/C23H21FN4O3/c1-15(16-5-11-19(31-2)12-6-16)26-21(29)14-27-20-4-3-13-25-22(20)28(23(27)30)18-9-7-17(24)8-10-18/h3-13,15H,14H2,1-2H3,(H,26,29). The van der Waals surface area contributed by atoms with Gasteiger partial charge in [0.1, 0.15) is 18.1 Å². The third-order valence-corrected chi connectivity index (χ3v) is 5.07. The zero-order valence-electron chi connectivity index (χ0n) is 17.1. The highest BCUT2D eigenvalue weighted by Crippen LogP contribution is 2.18. The Morgan fingerprint density at radius 1 is 1.13 bits per heavy atom. The number of hydrogen-bond donors (Lipinski definition) is 1. The number of rotatable bonds is 6. The van der Waals surface area contributed by atoms with Gasteiger partial charge in [0.25, 0.3) is 0 Å². The molecule has 0 spiro atoms. The van der Waals surface area contributed by atoms with Crippen LogP contribution < -0.4 is 15.7 Å². The monoisotopic (exact) mass is 420 g/mol. The number of imidazole rings is 1. The summed E-state index contributed by atoms with van der Waals surface area (Å²) < 4.78 is 21.2. The van der Waals surface area contributed by atoms with E-state index in [1.165, 1.54) is 33.4 Å². The van der Waals surface area contributed by atoms with E-state index in [-0.39, 0.29) is 18.5 Å². The molecule has 4 aromatic rings. The minimum absolute atomic E-state index is 0.171. The maximum atomic E-state index is 13.3. The first-order chi connectivity index (χ1) is 15.0. The quantitative estimate of drug-likeness (QED) is 0.520. The van der Waals surface area contributed by atoms with E-state index in [4.69, 9.17) is 4.74 Å². The maximum absolute atomic E-state index is 13.3. The Morgan fingerprint density at radius 3 is 2.52 bits per heavy atom. The second-order valence-corrected chi connectivity index (χ2v) is 7.09. The van der Waals surface area contributed by atoms with Crippen LogP contribution in [0, 0.1) is 5.82 Å². The Bertz CT molecular complexity index is 1280. The van der Waals surface area contributed by atoms with Gasteiger partial charge in [-0.05, 0) is 61.0 Å². The van der Waals surface area contributed by atoms with E-state index in [1.807, 2.05) is 31.2 Å². The van der Waals surface area contributed by atoms with Crippen LogP contribution >= 0.6 is 0 Å². The third-order valence-electron chi connectivity index (χ3n) is 5.07. The van der Waals surface area contributed by atoms with E-state index in [9.17, 15) is 14.0 Å². The van der Waals surface area contributed by atoms with E-state index in [0.29, 0.717) is 16.9 Å². The van der Waals surface area contributed by atoms with Crippen molar-refractivity contribution in [3.63, 3.8) is 0 Å². The lowest BCUT2D eigenvalue weighted by Crippen LogP contribution is -2.34. The number of nitrogens with zero attached hydrogens (tertiary/aromatic N) is 3. The number of fused-ring (bicyclic) bond motifs is 1. The zero-order chi connectivity index (χ0) is 22.0. The van der Waals surface area contributed by atoms with Crippen LogP contribution in [0.2, 0.25) is 0 Å². The third kappa shape index (κ3) is 4.05. The van der Waals surface area contributed by atoms with Crippen molar-refractivity contribution in [1.82, 2.24) is 19.4 Å². The van der Waals surface area contributed by atoms with Crippen LogP contribution in [-0.2, 0) is 11.3 Å². The molecule has 0 aliphatic carbocycles. The molecule has 0 radical (unpaired) electrons. The molecule has 0 fully saturated rings. The normalized spacial score (nSPS) is 12.0. The summed E-state index contributed by atoms with van der Waals surface area (Å²) in [4.78, 5) is 30.2. The summed E-state index contributed by atoms with van der Waals surface area (Å²) in [5, 5.41) is 2.91. The highest BCUT2D eigenvalue weighted by molar-refractivity contribution is 5.80. The van der Waals surface area contributed by atoms with Crippen molar-refractivity contribution in [2.45, 2.75) is 19.5 Å². The molecule has 7 nitrogen and oxygen atoms in total. The summed E-state index contributed by atoms with van der Waals surface area (Å²) in [6.07, 6.45) is 1.57. The summed E-state index contributed by atoms with van der Waals surface area (Å²) >= 11 is 0. The predicted octanol–water partition coefficient (Wildman–Crippen LogP) is 3.21. The molecular weight excluding hydrogens is 399 g/mol. The van der Waals surface area contributed by atoms with Gasteiger partial charge in [-0.2, -0.15) is 0 Å². The minimum Gasteiger partial charge on any atom is -0.497 e. The number of hydrogen-bond acceptors (Lipinski definition) is 4. The number of pyridine rings is 1. The average Bonchev–Trinajstić information content (AvgIpc) is 3.06. The van der Waals surface area contributed by atoms with Crippen LogP contribution in [-0.4, -0.2) is 27.1 Å². The summed E-state index contributed by atoms with van der Waals surface area (Å²) in [7, 11) is 1.59. The highest BCUT2D eigenvalue weighted by atomic mass is 19.1. The molecule has 0 bridgehead atoms. The molecule has 0 saturated carbocycles. The lowest BCUT2D eigenvalue weighted by Gasteiger charge is -2.15. The minimum atomic E-state index is -0.424. The van der Waals surface area contributed by atoms with Gasteiger partial charge in [-0.3, -0.25) is 9.36 Å². The number of methoxy groups -OCH3 is 1. The Labute approximate surface area is 177 Å². The molecule has 0 aliphatic rings. The number of halogens is 1. The molecule has 1 unspecified atom stereocenters. The van der Waals surface area contributed by atoms with Crippen LogP contribution in [0.4, 0.5) is 4.39 Å². The Morgan fingerprint density at radius 2 is 1.84 bits per heavy atom. The van der Waals surface area contributed by atoms with Crippen molar-refractivity contribution < 1.29 is 13.9 Å². The number of amides is 1. The maximum Gasteiger partial charge on any atom is 0.335 e. The largest absolute Gasteiger partial charge is 0.497 e. The molecule has 1 amide bonds. The van der Waals surface area contributed by atoms with Gasteiger partial charge in [0.05, 0.1) is 24.4 Å². The molecule has 2 aromatic heterocycles. The van der Waals surface area contributed by atoms with Crippen LogP contribution in [0.3, 0.4) is 0 Å². The Balaban J connectivity index is 1.62. The molecule has 2 heterocycles. The fourth-order valence-electron chi connectivity index (χ4n) is 3.47. The molecule has 8 heteroatoms. The lowest BCUT2D eigenvalue weighted by molar-refractivity contribution is -0.122. The number of ether oxygens (including phenoxy) is 1. The van der Waals surface area contributed by atoms with E-state index in [0.717, 1.165) is 11.3 Å². The van der Waals surface area contributed by atoms with Crippen LogP contribution in [0.1, 0.15) is 18.5 Å². The average molecular weight is 420 g/mol. The Hall–Kier alpha value is -3.94. The fraction of sp³-hybridized carbons (Fsp3) is 0.174. The first-order valence-electron chi connectivity index (χ1n) is 9.73. The smallest absolute Gasteiger partial charge is 0.335 e. The van der Waals surface area contributed by atoms with Gasteiger partial charge in [-0.15, -0.1) is 0 Å². The van der Waals surface area contributed by atoms with Crippen molar-refractivity contribution in [2.75, 3.05) is 7.11 Å². The number of benzene rings is 2. The van der Waals surface area contributed by atoms with Crippen molar-refractivity contribution in [3.8, 4) is 11.4 Å². The molecule has 1 atom stereocenters. The first-order valence-corrected chi connectivity index (χ1v) is 9.73. The van der Waals surface area contributed by atoms with Gasteiger partial charge in [-0.1, -0.05) is 12.1 Å². The van der Waals surface area contributed by atoms with Crippen molar-refractivity contribution >= 4 is 17.1 Å². The highest BCUT2D eigenvalue weighted by Gasteiger charge is 2.18. The number of aromatic nitrogens is 3. The predicted molar refractivity (Wildman–Crippen MR) is 115 cm³/mol. The van der Waals surface area contributed by atoms with E-state index >= 15 is 0 Å². The van der Waals surface area contributed by atoms with Crippen LogP contribution in [0.25, 0.3) is 16.9 Å². The summed E-state index contributed by atoms with van der Waals surface area (Å²) in [5.74, 6) is 0.0164. The van der Waals surface area contributed by atoms with Crippen molar-refractivity contribution in [1.29, 1.82) is 0 Å². The second-order valence-electron chi connectivity index (χ2n) is 7.09. The first kappa shape index (κ1) is 20.3. The molecule has 1 N–H and O–H groups in total. The van der Waals surface area contributed by atoms with Gasteiger partial charge in [0, 0.05) is 6.20 Å². The number of carbonyl (C=O) groups is 1. The molecule has 31 heavy (non-hydrogen) atoms. The summed E-state index contributed by atoms with van der Waals surface area (Å²) in [5.41, 5.74) is 1.88. The molecule has 4 rings (SSSR count). The fourth-order valence-corrected chi connectivity index (χ4v) is 3.47. The summed E-state index contributed by atoms with van der Waals surface area (Å²) in [6, 6.07) is 16.1. The number of carbonyl (C=O) groups excluding carboxylic acids is 1. The topological polar surface area (TPSA) is 78.1 Å². The molecule has 0 aliphatic heterocycles. The van der Waals surface area contributed by atoms with E-state index < -0.39 is 11.5 Å². The van der Waals surface area contributed by atoms with E-state index in [2.05, 4.69) is 10.3 Å². The SMILES string of the molecule is COc1ccc(C(C)NC(=O)Cn2c(=O)n(-c3ccc(F)cc3)c3ncccc32)cc1. The van der Waals surface area contributed by atoms with Crippen LogP contribution in [0.5, 0.6) is 5.75 Å². The molecular formula is C23H21FN4O3. The van der Waals surface area contributed by atoms with E-state index in [1.54, 1.807) is 25.4 Å². The van der Waals surface area contributed by atoms with Crippen molar-refractivity contribution in [2.24, 2.45) is 0 Å². The van der Waals surface area contributed by atoms with Crippen LogP contribution in [0.15, 0.2) is 71.7 Å². The van der Waals surface area contributed by atoms with Gasteiger partial charge in [0.2, 0.25) is 5.91 Å². The Kier molecular flexibility index (Phi) is 5.53. The summed E-state index contributed by atoms with van der Waals surface area (Å²) in [6.45, 7) is 1.70. The zero-order valence-corrected chi connectivity index (χ0v) is 17.1. The van der Waals surface area contributed by atoms with Gasteiger partial charge < -0.3 is 10.1 Å². The molecule has 0 saturated heterocycles. The lowest BCUT2D eigenvalue weighted by atomic mass is 10.1. The van der Waals surface area contributed by atoms with Gasteiger partial charge in [-0.25, -0.2) is 18.7 Å². The van der Waals surface area contributed by atoms with Gasteiger partial charge >= 0.3 is 5.69 Å². The molecule has 2 aromatic carbocycles. The second kappa shape index (κ2) is 8.43. The molecule has 158 valence electrons. The van der Waals surface area contributed by atoms with Crippen molar-refractivity contribution in [3.05, 3.63) is 88.7 Å². The number of nitrogens with one attached hydrogen (secondary N) is 1. The van der Waals surface area contributed by atoms with Gasteiger partial charge in [0.15, 0.2) is 5.65 Å².